The van der Waals surface area contributed by atoms with E-state index in [2.05, 4.69) is 34.5 Å². The number of rotatable bonds is 2. The quantitative estimate of drug-likeness (QED) is 0.901. The van der Waals surface area contributed by atoms with E-state index in [4.69, 9.17) is 0 Å². The number of nitrogens with zero attached hydrogens (tertiary/aromatic N) is 1. The molecular formula is C20H23ClN2O. The van der Waals surface area contributed by atoms with Gasteiger partial charge in [0.25, 0.3) is 5.91 Å². The van der Waals surface area contributed by atoms with Crippen molar-refractivity contribution in [1.82, 2.24) is 10.2 Å². The van der Waals surface area contributed by atoms with Gasteiger partial charge in [-0.3, -0.25) is 4.79 Å². The molecule has 1 amide bonds. The van der Waals surface area contributed by atoms with Crippen LogP contribution >= 0.6 is 12.4 Å². The van der Waals surface area contributed by atoms with Gasteiger partial charge in [-0.25, -0.2) is 0 Å². The highest BCUT2D eigenvalue weighted by atomic mass is 35.5. The molecule has 2 saturated heterocycles. The monoisotopic (exact) mass is 342 g/mol. The summed E-state index contributed by atoms with van der Waals surface area (Å²) in [5, 5.41) is 3.45. The highest BCUT2D eigenvalue weighted by Crippen LogP contribution is 2.30. The fourth-order valence-corrected chi connectivity index (χ4v) is 3.90. The van der Waals surface area contributed by atoms with Gasteiger partial charge in [0.1, 0.15) is 0 Å². The number of carbonyl (C=O) groups excluding carboxylic acids is 1. The lowest BCUT2D eigenvalue weighted by Crippen LogP contribution is -2.42. The normalized spacial score (nSPS) is 22.6. The second-order valence-electron chi connectivity index (χ2n) is 6.53. The summed E-state index contributed by atoms with van der Waals surface area (Å²) in [6.45, 7) is 1.96. The van der Waals surface area contributed by atoms with Crippen molar-refractivity contribution >= 4 is 18.3 Å². The molecule has 4 rings (SSSR count). The molecule has 2 aliphatic heterocycles. The SMILES string of the molecule is Cl.O=C(c1ccc(-c2ccccc2)cc1)N1C2CCNCC1CC2. The molecule has 2 fully saturated rings. The lowest BCUT2D eigenvalue weighted by Gasteiger charge is -2.28. The van der Waals surface area contributed by atoms with E-state index in [1.165, 1.54) is 5.56 Å². The average molecular weight is 343 g/mol. The molecule has 1 N–H and O–H groups in total. The zero-order chi connectivity index (χ0) is 15.6. The summed E-state index contributed by atoms with van der Waals surface area (Å²) in [4.78, 5) is 15.1. The van der Waals surface area contributed by atoms with Crippen LogP contribution in [0.25, 0.3) is 11.1 Å². The van der Waals surface area contributed by atoms with Gasteiger partial charge in [-0.15, -0.1) is 12.4 Å². The van der Waals surface area contributed by atoms with Gasteiger partial charge in [0.15, 0.2) is 0 Å². The molecule has 2 atom stereocenters. The fraction of sp³-hybridized carbons (Fsp3) is 0.350. The lowest BCUT2D eigenvalue weighted by atomic mass is 10.0. The van der Waals surface area contributed by atoms with Gasteiger partial charge in [-0.1, -0.05) is 42.5 Å². The summed E-state index contributed by atoms with van der Waals surface area (Å²) >= 11 is 0. The maximum absolute atomic E-state index is 13.0. The minimum Gasteiger partial charge on any atom is -0.331 e. The number of carbonyl (C=O) groups is 1. The first kappa shape index (κ1) is 17.0. The largest absolute Gasteiger partial charge is 0.331 e. The minimum absolute atomic E-state index is 0. The van der Waals surface area contributed by atoms with Crippen LogP contribution in [-0.2, 0) is 0 Å². The Morgan fingerprint density at radius 3 is 2.29 bits per heavy atom. The van der Waals surface area contributed by atoms with Gasteiger partial charge in [-0.05, 0) is 49.1 Å². The Labute approximate surface area is 149 Å². The predicted molar refractivity (Wildman–Crippen MR) is 99.6 cm³/mol. The number of amides is 1. The van der Waals surface area contributed by atoms with Crippen LogP contribution in [0.3, 0.4) is 0 Å². The van der Waals surface area contributed by atoms with Crippen molar-refractivity contribution in [3.63, 3.8) is 0 Å². The Morgan fingerprint density at radius 1 is 0.875 bits per heavy atom. The van der Waals surface area contributed by atoms with E-state index in [1.807, 2.05) is 30.3 Å². The smallest absolute Gasteiger partial charge is 0.254 e. The number of hydrogen-bond donors (Lipinski definition) is 1. The second-order valence-corrected chi connectivity index (χ2v) is 6.53. The minimum atomic E-state index is 0. The van der Waals surface area contributed by atoms with Crippen molar-refractivity contribution in [2.24, 2.45) is 0 Å². The van der Waals surface area contributed by atoms with Crippen LogP contribution in [0.2, 0.25) is 0 Å². The first-order valence-electron chi connectivity index (χ1n) is 8.52. The number of benzene rings is 2. The third-order valence-corrected chi connectivity index (χ3v) is 5.13. The molecule has 3 nitrogen and oxygen atoms in total. The van der Waals surface area contributed by atoms with Gasteiger partial charge in [0.2, 0.25) is 0 Å². The van der Waals surface area contributed by atoms with E-state index >= 15 is 0 Å². The highest BCUT2D eigenvalue weighted by Gasteiger charge is 2.38. The van der Waals surface area contributed by atoms with Crippen molar-refractivity contribution in [3.05, 3.63) is 60.2 Å². The summed E-state index contributed by atoms with van der Waals surface area (Å²) in [6.07, 6.45) is 3.36. The lowest BCUT2D eigenvalue weighted by molar-refractivity contribution is 0.0680. The molecule has 2 unspecified atom stereocenters. The molecule has 126 valence electrons. The van der Waals surface area contributed by atoms with Crippen LogP contribution in [0, 0.1) is 0 Å². The van der Waals surface area contributed by atoms with Crippen LogP contribution in [0.4, 0.5) is 0 Å². The Bertz CT molecular complexity index is 673. The average Bonchev–Trinajstić information content (AvgIpc) is 2.88. The third-order valence-electron chi connectivity index (χ3n) is 5.13. The molecule has 2 aromatic carbocycles. The van der Waals surface area contributed by atoms with E-state index < -0.39 is 0 Å². The number of halogens is 1. The van der Waals surface area contributed by atoms with Crippen molar-refractivity contribution in [2.45, 2.75) is 31.3 Å². The summed E-state index contributed by atoms with van der Waals surface area (Å²) < 4.78 is 0. The van der Waals surface area contributed by atoms with Gasteiger partial charge in [-0.2, -0.15) is 0 Å². The molecular weight excluding hydrogens is 320 g/mol. The Hall–Kier alpha value is -1.84. The van der Waals surface area contributed by atoms with Gasteiger partial charge in [0, 0.05) is 24.2 Å². The maximum atomic E-state index is 13.0. The van der Waals surface area contributed by atoms with Crippen molar-refractivity contribution < 1.29 is 4.79 Å². The van der Waals surface area contributed by atoms with Gasteiger partial charge < -0.3 is 10.2 Å². The molecule has 0 spiro atoms. The van der Waals surface area contributed by atoms with Crippen LogP contribution in [0.5, 0.6) is 0 Å². The van der Waals surface area contributed by atoms with Crippen LogP contribution < -0.4 is 5.32 Å². The second kappa shape index (κ2) is 7.37. The standard InChI is InChI=1S/C20H22N2O.ClH/c23-20(22-18-10-11-19(22)14-21-13-12-18)17-8-6-16(7-9-17)15-4-2-1-3-5-15;/h1-9,18-19,21H,10-14H2;1H. The van der Waals surface area contributed by atoms with E-state index in [1.54, 1.807) is 0 Å². The van der Waals surface area contributed by atoms with Gasteiger partial charge >= 0.3 is 0 Å². The molecule has 0 radical (unpaired) electrons. The molecule has 2 aliphatic rings. The molecule has 4 heteroatoms. The molecule has 0 saturated carbocycles. The Morgan fingerprint density at radius 2 is 1.54 bits per heavy atom. The topological polar surface area (TPSA) is 32.3 Å². The molecule has 0 aromatic heterocycles. The van der Waals surface area contributed by atoms with E-state index in [-0.39, 0.29) is 18.3 Å². The van der Waals surface area contributed by atoms with Crippen LogP contribution in [0.1, 0.15) is 29.6 Å². The van der Waals surface area contributed by atoms with E-state index in [9.17, 15) is 4.79 Å². The summed E-state index contributed by atoms with van der Waals surface area (Å²) in [7, 11) is 0. The first-order valence-corrected chi connectivity index (χ1v) is 8.52. The molecule has 24 heavy (non-hydrogen) atoms. The van der Waals surface area contributed by atoms with Crippen molar-refractivity contribution in [3.8, 4) is 11.1 Å². The number of hydrogen-bond acceptors (Lipinski definition) is 2. The zero-order valence-electron chi connectivity index (χ0n) is 13.7. The van der Waals surface area contributed by atoms with Crippen molar-refractivity contribution in [2.75, 3.05) is 13.1 Å². The van der Waals surface area contributed by atoms with Crippen LogP contribution in [0.15, 0.2) is 54.6 Å². The molecule has 2 heterocycles. The number of nitrogens with one attached hydrogen (secondary N) is 1. The predicted octanol–water partition coefficient (Wildman–Crippen LogP) is 3.74. The molecule has 0 aliphatic carbocycles. The summed E-state index contributed by atoms with van der Waals surface area (Å²) in [5.74, 6) is 0.195. The first-order chi connectivity index (χ1) is 11.3. The van der Waals surface area contributed by atoms with E-state index in [0.29, 0.717) is 12.1 Å². The Balaban J connectivity index is 0.00000169. The van der Waals surface area contributed by atoms with Gasteiger partial charge in [0.05, 0.1) is 0 Å². The maximum Gasteiger partial charge on any atom is 0.254 e. The van der Waals surface area contributed by atoms with Crippen molar-refractivity contribution in [1.29, 1.82) is 0 Å². The van der Waals surface area contributed by atoms with Crippen LogP contribution in [-0.4, -0.2) is 36.0 Å². The third kappa shape index (κ3) is 3.19. The molecule has 2 aromatic rings. The van der Waals surface area contributed by atoms with E-state index in [0.717, 1.165) is 43.5 Å². The zero-order valence-corrected chi connectivity index (χ0v) is 14.5. The molecule has 2 bridgehead atoms. The Kier molecular flexibility index (Phi) is 5.22. The summed E-state index contributed by atoms with van der Waals surface area (Å²) in [5.41, 5.74) is 3.15. The summed E-state index contributed by atoms with van der Waals surface area (Å²) in [6, 6.07) is 19.1. The number of fused-ring (bicyclic) bond motifs is 2. The highest BCUT2D eigenvalue weighted by molar-refractivity contribution is 5.95. The fourth-order valence-electron chi connectivity index (χ4n) is 3.90.